The second kappa shape index (κ2) is 8.03. The van der Waals surface area contributed by atoms with Gasteiger partial charge in [-0.15, -0.1) is 0 Å². The van der Waals surface area contributed by atoms with Gasteiger partial charge in [0.05, 0.1) is 7.11 Å². The third kappa shape index (κ3) is 4.16. The molecule has 0 saturated heterocycles. The molecule has 0 bridgehead atoms. The topological polar surface area (TPSA) is 78.6 Å². The lowest BCUT2D eigenvalue weighted by Gasteiger charge is -2.07. The predicted octanol–water partition coefficient (Wildman–Crippen LogP) is 4.02. The molecule has 0 aliphatic carbocycles. The standard InChI is InChI=1S/C21H21NO5/c1-13(23)4-5-15-6-7-19-17(10-15)14(2)20(27-19)21(24)26-12-16-11-22-9-8-18(16)25-3/h6-11H,4-5,12H2,1-3H3. The van der Waals surface area contributed by atoms with Crippen LogP contribution in [0.15, 0.2) is 41.1 Å². The molecule has 3 aromatic rings. The van der Waals surface area contributed by atoms with Gasteiger partial charge in [-0.05, 0) is 44.0 Å². The number of hydrogen-bond donors (Lipinski definition) is 0. The first-order valence-corrected chi connectivity index (χ1v) is 8.65. The summed E-state index contributed by atoms with van der Waals surface area (Å²) in [6.45, 7) is 3.44. The predicted molar refractivity (Wildman–Crippen MR) is 99.9 cm³/mol. The fourth-order valence-electron chi connectivity index (χ4n) is 2.87. The fourth-order valence-corrected chi connectivity index (χ4v) is 2.87. The maximum atomic E-state index is 12.5. The van der Waals surface area contributed by atoms with Gasteiger partial charge in [0, 0.05) is 35.3 Å². The Morgan fingerprint density at radius 1 is 1.22 bits per heavy atom. The van der Waals surface area contributed by atoms with Gasteiger partial charge >= 0.3 is 5.97 Å². The Balaban J connectivity index is 1.78. The van der Waals surface area contributed by atoms with Crippen LogP contribution in [-0.4, -0.2) is 23.8 Å². The third-order valence-electron chi connectivity index (χ3n) is 4.39. The zero-order valence-electron chi connectivity index (χ0n) is 15.6. The van der Waals surface area contributed by atoms with Crippen LogP contribution in [0.2, 0.25) is 0 Å². The van der Waals surface area contributed by atoms with Crippen molar-refractivity contribution in [1.82, 2.24) is 4.98 Å². The molecule has 0 atom stereocenters. The van der Waals surface area contributed by atoms with E-state index in [0.717, 1.165) is 16.5 Å². The summed E-state index contributed by atoms with van der Waals surface area (Å²) < 4.78 is 16.3. The Morgan fingerprint density at radius 3 is 2.78 bits per heavy atom. The Kier molecular flexibility index (Phi) is 5.54. The van der Waals surface area contributed by atoms with Crippen molar-refractivity contribution in [2.24, 2.45) is 0 Å². The first-order valence-electron chi connectivity index (χ1n) is 8.65. The quantitative estimate of drug-likeness (QED) is 0.587. The van der Waals surface area contributed by atoms with Crippen molar-refractivity contribution in [1.29, 1.82) is 0 Å². The number of hydrogen-bond acceptors (Lipinski definition) is 6. The Hall–Kier alpha value is -3.15. The van der Waals surface area contributed by atoms with E-state index in [-0.39, 0.29) is 18.2 Å². The number of ether oxygens (including phenoxy) is 2. The average molecular weight is 367 g/mol. The van der Waals surface area contributed by atoms with Gasteiger partial charge in [-0.1, -0.05) is 6.07 Å². The smallest absolute Gasteiger partial charge is 0.374 e. The van der Waals surface area contributed by atoms with Crippen molar-refractivity contribution in [3.8, 4) is 5.75 Å². The zero-order valence-corrected chi connectivity index (χ0v) is 15.6. The van der Waals surface area contributed by atoms with Crippen molar-refractivity contribution in [2.45, 2.75) is 33.3 Å². The van der Waals surface area contributed by atoms with Gasteiger partial charge in [0.1, 0.15) is 23.7 Å². The molecule has 27 heavy (non-hydrogen) atoms. The minimum Gasteiger partial charge on any atom is -0.496 e. The van der Waals surface area contributed by atoms with Crippen LogP contribution in [0, 0.1) is 6.92 Å². The summed E-state index contributed by atoms with van der Waals surface area (Å²) in [7, 11) is 1.55. The molecule has 0 aliphatic heterocycles. The summed E-state index contributed by atoms with van der Waals surface area (Å²) in [6.07, 6.45) is 4.36. The molecular weight excluding hydrogens is 346 g/mol. The number of rotatable bonds is 7. The normalized spacial score (nSPS) is 10.8. The highest BCUT2D eigenvalue weighted by Crippen LogP contribution is 2.28. The largest absolute Gasteiger partial charge is 0.496 e. The van der Waals surface area contributed by atoms with Crippen LogP contribution in [-0.2, 0) is 22.6 Å². The number of aromatic nitrogens is 1. The lowest BCUT2D eigenvalue weighted by atomic mass is 10.0. The molecule has 0 amide bonds. The molecule has 0 saturated carbocycles. The summed E-state index contributed by atoms with van der Waals surface area (Å²) in [5.41, 5.74) is 3.04. The van der Waals surface area contributed by atoms with E-state index in [1.807, 2.05) is 25.1 Å². The lowest BCUT2D eigenvalue weighted by molar-refractivity contribution is -0.116. The molecular formula is C21H21NO5. The van der Waals surface area contributed by atoms with Crippen LogP contribution in [0.5, 0.6) is 5.75 Å². The Morgan fingerprint density at radius 2 is 2.04 bits per heavy atom. The van der Waals surface area contributed by atoms with Gasteiger partial charge < -0.3 is 18.7 Å². The van der Waals surface area contributed by atoms with Crippen LogP contribution in [0.25, 0.3) is 11.0 Å². The molecule has 6 nitrogen and oxygen atoms in total. The van der Waals surface area contributed by atoms with Gasteiger partial charge in [0.15, 0.2) is 0 Å². The Bertz CT molecular complexity index is 989. The van der Waals surface area contributed by atoms with Crippen molar-refractivity contribution >= 4 is 22.7 Å². The van der Waals surface area contributed by atoms with Crippen LogP contribution in [0.1, 0.15) is 40.6 Å². The molecule has 0 fully saturated rings. The van der Waals surface area contributed by atoms with Crippen LogP contribution >= 0.6 is 0 Å². The van der Waals surface area contributed by atoms with Crippen molar-refractivity contribution < 1.29 is 23.5 Å². The third-order valence-corrected chi connectivity index (χ3v) is 4.39. The number of methoxy groups -OCH3 is 1. The summed E-state index contributed by atoms with van der Waals surface area (Å²) in [4.78, 5) is 27.7. The van der Waals surface area contributed by atoms with E-state index >= 15 is 0 Å². The van der Waals surface area contributed by atoms with E-state index in [1.54, 1.807) is 32.5 Å². The Labute approximate surface area is 157 Å². The summed E-state index contributed by atoms with van der Waals surface area (Å²) in [5, 5.41) is 0.849. The molecule has 0 unspecified atom stereocenters. The van der Waals surface area contributed by atoms with Gasteiger partial charge in [-0.3, -0.25) is 4.98 Å². The molecule has 2 heterocycles. The number of benzene rings is 1. The summed E-state index contributed by atoms with van der Waals surface area (Å²) in [6, 6.07) is 7.39. The van der Waals surface area contributed by atoms with E-state index < -0.39 is 5.97 Å². The monoisotopic (exact) mass is 367 g/mol. The molecule has 1 aromatic carbocycles. The van der Waals surface area contributed by atoms with Gasteiger partial charge in [0.25, 0.3) is 0 Å². The van der Waals surface area contributed by atoms with E-state index in [4.69, 9.17) is 13.9 Å². The van der Waals surface area contributed by atoms with Crippen LogP contribution in [0.3, 0.4) is 0 Å². The van der Waals surface area contributed by atoms with Gasteiger partial charge in [-0.25, -0.2) is 4.79 Å². The highest BCUT2D eigenvalue weighted by atomic mass is 16.5. The minimum atomic E-state index is -0.542. The molecule has 140 valence electrons. The molecule has 3 rings (SSSR count). The van der Waals surface area contributed by atoms with Crippen molar-refractivity contribution in [3.63, 3.8) is 0 Å². The SMILES string of the molecule is COc1ccncc1COC(=O)c1oc2ccc(CCC(C)=O)cc2c1C. The second-order valence-electron chi connectivity index (χ2n) is 6.35. The van der Waals surface area contributed by atoms with E-state index in [2.05, 4.69) is 4.98 Å². The van der Waals surface area contributed by atoms with E-state index in [9.17, 15) is 9.59 Å². The molecule has 0 radical (unpaired) electrons. The van der Waals surface area contributed by atoms with Crippen LogP contribution < -0.4 is 4.74 Å². The first kappa shape index (κ1) is 18.6. The number of pyridine rings is 1. The maximum absolute atomic E-state index is 12.5. The summed E-state index contributed by atoms with van der Waals surface area (Å²) in [5.74, 6) is 0.389. The molecule has 0 N–H and O–H groups in total. The lowest BCUT2D eigenvalue weighted by Crippen LogP contribution is -2.06. The van der Waals surface area contributed by atoms with Gasteiger partial charge in [-0.2, -0.15) is 0 Å². The number of esters is 1. The number of furan rings is 1. The minimum absolute atomic E-state index is 0.0379. The van der Waals surface area contributed by atoms with E-state index in [0.29, 0.717) is 29.7 Å². The average Bonchev–Trinajstić information content (AvgIpc) is 3.01. The van der Waals surface area contributed by atoms with Crippen molar-refractivity contribution in [2.75, 3.05) is 7.11 Å². The molecule has 6 heteroatoms. The highest BCUT2D eigenvalue weighted by molar-refractivity contribution is 5.96. The number of aryl methyl sites for hydroxylation is 2. The molecule has 2 aromatic heterocycles. The fraction of sp³-hybridized carbons (Fsp3) is 0.286. The second-order valence-corrected chi connectivity index (χ2v) is 6.35. The number of carbonyl (C=O) groups is 2. The molecule has 0 aliphatic rings. The number of ketones is 1. The van der Waals surface area contributed by atoms with E-state index in [1.165, 1.54) is 0 Å². The van der Waals surface area contributed by atoms with Crippen LogP contribution in [0.4, 0.5) is 0 Å². The highest BCUT2D eigenvalue weighted by Gasteiger charge is 2.20. The number of Topliss-reactive ketones (excluding diaryl/α,β-unsaturated/α-hetero) is 1. The maximum Gasteiger partial charge on any atom is 0.374 e. The number of fused-ring (bicyclic) bond motifs is 1. The molecule has 0 spiro atoms. The first-order chi connectivity index (χ1) is 13.0. The summed E-state index contributed by atoms with van der Waals surface area (Å²) >= 11 is 0. The number of carbonyl (C=O) groups excluding carboxylic acids is 2. The van der Waals surface area contributed by atoms with Crippen molar-refractivity contribution in [3.05, 3.63) is 59.1 Å². The van der Waals surface area contributed by atoms with Gasteiger partial charge in [0.2, 0.25) is 5.76 Å². The number of nitrogens with zero attached hydrogens (tertiary/aromatic N) is 1. The zero-order chi connectivity index (χ0) is 19.4.